The Morgan fingerprint density at radius 3 is 2.80 bits per heavy atom. The van der Waals surface area contributed by atoms with Gasteiger partial charge < -0.3 is 5.73 Å². The summed E-state index contributed by atoms with van der Waals surface area (Å²) in [6.07, 6.45) is 0. The number of nitrogens with one attached hydrogen (secondary N) is 1. The third kappa shape index (κ3) is 3.84. The van der Waals surface area contributed by atoms with E-state index in [2.05, 4.69) is 20.7 Å². The quantitative estimate of drug-likeness (QED) is 0.860. The fourth-order valence-corrected chi connectivity index (χ4v) is 3.26. The number of hydrogen-bond donors (Lipinski definition) is 2. The molecule has 0 saturated carbocycles. The van der Waals surface area contributed by atoms with E-state index in [1.54, 1.807) is 6.92 Å². The third-order valence-electron chi connectivity index (χ3n) is 1.93. The van der Waals surface area contributed by atoms with Crippen LogP contribution in [0.5, 0.6) is 0 Å². The fraction of sp³-hybridized carbons (Fsp3) is 0.500. The Kier molecular flexibility index (Phi) is 4.72. The van der Waals surface area contributed by atoms with Gasteiger partial charge in [0.25, 0.3) is 0 Å². The molecule has 4 nitrogen and oxygen atoms in total. The zero-order chi connectivity index (χ0) is 11.5. The summed E-state index contributed by atoms with van der Waals surface area (Å²) >= 11 is 4.81. The van der Waals surface area contributed by atoms with Crippen molar-refractivity contribution < 1.29 is 8.42 Å². The highest BCUT2D eigenvalue weighted by Gasteiger charge is 2.18. The summed E-state index contributed by atoms with van der Waals surface area (Å²) in [5.74, 6) is 0. The first kappa shape index (κ1) is 13.1. The van der Waals surface area contributed by atoms with Crippen molar-refractivity contribution in [1.29, 1.82) is 0 Å². The van der Waals surface area contributed by atoms with Crippen molar-refractivity contribution in [1.82, 2.24) is 4.72 Å². The molecule has 0 aliphatic heterocycles. The molecule has 0 radical (unpaired) electrons. The first-order chi connectivity index (χ1) is 6.95. The van der Waals surface area contributed by atoms with Gasteiger partial charge >= 0.3 is 0 Å². The maximum atomic E-state index is 11.5. The van der Waals surface area contributed by atoms with Gasteiger partial charge in [-0.15, -0.1) is 11.3 Å². The molecular weight excluding hydrogens is 300 g/mol. The van der Waals surface area contributed by atoms with Crippen molar-refractivity contribution in [3.63, 3.8) is 0 Å². The van der Waals surface area contributed by atoms with E-state index in [-0.39, 0.29) is 6.54 Å². The number of halogens is 1. The Morgan fingerprint density at radius 2 is 2.33 bits per heavy atom. The monoisotopic (exact) mass is 312 g/mol. The van der Waals surface area contributed by atoms with Crippen LogP contribution >= 0.6 is 27.3 Å². The van der Waals surface area contributed by atoms with Crippen LogP contribution in [0, 0.1) is 0 Å². The van der Waals surface area contributed by atoms with Crippen LogP contribution < -0.4 is 10.5 Å². The highest BCUT2D eigenvalue weighted by molar-refractivity contribution is 9.10. The lowest BCUT2D eigenvalue weighted by molar-refractivity contribution is 0.569. The van der Waals surface area contributed by atoms with Crippen LogP contribution in [-0.4, -0.2) is 20.2 Å². The van der Waals surface area contributed by atoms with Gasteiger partial charge in [-0.3, -0.25) is 0 Å². The molecule has 0 bridgehead atoms. The topological polar surface area (TPSA) is 72.2 Å². The summed E-state index contributed by atoms with van der Waals surface area (Å²) in [7, 11) is -3.28. The highest BCUT2D eigenvalue weighted by atomic mass is 79.9. The molecule has 0 amide bonds. The van der Waals surface area contributed by atoms with E-state index in [1.165, 1.54) is 11.3 Å². The zero-order valence-electron chi connectivity index (χ0n) is 8.23. The summed E-state index contributed by atoms with van der Waals surface area (Å²) in [5.41, 5.74) is 5.31. The first-order valence-corrected chi connectivity index (χ1v) is 7.59. The molecule has 0 aliphatic carbocycles. The molecular formula is C8H13BrN2O2S2. The van der Waals surface area contributed by atoms with E-state index < -0.39 is 15.3 Å². The SMILES string of the molecule is CC(CN)S(=O)(=O)NCc1cc(Br)cs1. The van der Waals surface area contributed by atoms with Crippen LogP contribution in [0.4, 0.5) is 0 Å². The second-order valence-electron chi connectivity index (χ2n) is 3.14. The third-order valence-corrected chi connectivity index (χ3v) is 5.43. The van der Waals surface area contributed by atoms with Crippen molar-refractivity contribution in [3.8, 4) is 0 Å². The Bertz CT molecular complexity index is 416. The molecule has 86 valence electrons. The Labute approximate surface area is 102 Å². The minimum Gasteiger partial charge on any atom is -0.329 e. The van der Waals surface area contributed by atoms with Crippen molar-refractivity contribution in [2.45, 2.75) is 18.7 Å². The summed E-state index contributed by atoms with van der Waals surface area (Å²) in [6, 6.07) is 1.89. The average Bonchev–Trinajstić information content (AvgIpc) is 2.60. The lowest BCUT2D eigenvalue weighted by atomic mass is 10.5. The molecule has 0 aromatic carbocycles. The van der Waals surface area contributed by atoms with Gasteiger partial charge in [-0.2, -0.15) is 0 Å². The summed E-state index contributed by atoms with van der Waals surface area (Å²) in [6.45, 7) is 2.04. The Balaban J connectivity index is 2.57. The molecule has 15 heavy (non-hydrogen) atoms. The predicted octanol–water partition coefficient (Wildman–Crippen LogP) is 1.28. The average molecular weight is 313 g/mol. The van der Waals surface area contributed by atoms with Crippen molar-refractivity contribution >= 4 is 37.3 Å². The normalized spacial score (nSPS) is 14.1. The van der Waals surface area contributed by atoms with E-state index in [9.17, 15) is 8.42 Å². The van der Waals surface area contributed by atoms with Crippen molar-refractivity contribution in [2.24, 2.45) is 5.73 Å². The van der Waals surface area contributed by atoms with Gasteiger partial charge in [0.2, 0.25) is 10.0 Å². The summed E-state index contributed by atoms with van der Waals surface area (Å²) in [5, 5.41) is 1.36. The van der Waals surface area contributed by atoms with Gasteiger partial charge in [0.15, 0.2) is 0 Å². The smallest absolute Gasteiger partial charge is 0.215 e. The Hall–Kier alpha value is 0.0500. The molecule has 0 saturated heterocycles. The Morgan fingerprint density at radius 1 is 1.67 bits per heavy atom. The number of sulfonamides is 1. The van der Waals surface area contributed by atoms with E-state index in [0.717, 1.165) is 9.35 Å². The molecule has 1 atom stereocenters. The van der Waals surface area contributed by atoms with Crippen LogP contribution in [0.2, 0.25) is 0 Å². The number of nitrogens with two attached hydrogens (primary N) is 1. The van der Waals surface area contributed by atoms with E-state index in [0.29, 0.717) is 6.54 Å². The minimum absolute atomic E-state index is 0.128. The van der Waals surface area contributed by atoms with E-state index in [4.69, 9.17) is 5.73 Å². The maximum Gasteiger partial charge on any atom is 0.215 e. The molecule has 7 heteroatoms. The van der Waals surface area contributed by atoms with Gasteiger partial charge in [-0.25, -0.2) is 13.1 Å². The van der Waals surface area contributed by atoms with E-state index >= 15 is 0 Å². The summed E-state index contributed by atoms with van der Waals surface area (Å²) in [4.78, 5) is 0.967. The second kappa shape index (κ2) is 5.40. The summed E-state index contributed by atoms with van der Waals surface area (Å²) < 4.78 is 26.6. The van der Waals surface area contributed by atoms with Gasteiger partial charge in [-0.05, 0) is 28.9 Å². The molecule has 0 spiro atoms. The fourth-order valence-electron chi connectivity index (χ4n) is 0.887. The van der Waals surface area contributed by atoms with Crippen molar-refractivity contribution in [3.05, 3.63) is 20.8 Å². The minimum atomic E-state index is -3.28. The second-order valence-corrected chi connectivity index (χ2v) is 7.24. The molecule has 3 N–H and O–H groups in total. The predicted molar refractivity (Wildman–Crippen MR) is 66.3 cm³/mol. The molecule has 1 aromatic heterocycles. The van der Waals surface area contributed by atoms with Gasteiger partial charge in [-0.1, -0.05) is 0 Å². The van der Waals surface area contributed by atoms with Crippen LogP contribution in [0.3, 0.4) is 0 Å². The largest absolute Gasteiger partial charge is 0.329 e. The van der Waals surface area contributed by atoms with Crippen LogP contribution in [0.15, 0.2) is 15.9 Å². The number of hydrogen-bond acceptors (Lipinski definition) is 4. The molecule has 0 aliphatic rings. The van der Waals surface area contributed by atoms with Crippen LogP contribution in [-0.2, 0) is 16.6 Å². The molecule has 1 heterocycles. The number of thiophene rings is 1. The van der Waals surface area contributed by atoms with Gasteiger partial charge in [0, 0.05) is 27.8 Å². The standard InChI is InChI=1S/C8H13BrN2O2S2/c1-6(3-10)15(12,13)11-4-8-2-7(9)5-14-8/h2,5-6,11H,3-4,10H2,1H3. The highest BCUT2D eigenvalue weighted by Crippen LogP contribution is 2.19. The van der Waals surface area contributed by atoms with E-state index in [1.807, 2.05) is 11.4 Å². The molecule has 1 rings (SSSR count). The number of rotatable bonds is 5. The lowest BCUT2D eigenvalue weighted by Crippen LogP contribution is -2.36. The lowest BCUT2D eigenvalue weighted by Gasteiger charge is -2.10. The molecule has 1 aromatic rings. The maximum absolute atomic E-state index is 11.5. The first-order valence-electron chi connectivity index (χ1n) is 4.37. The van der Waals surface area contributed by atoms with Crippen molar-refractivity contribution in [2.75, 3.05) is 6.54 Å². The molecule has 1 unspecified atom stereocenters. The van der Waals surface area contributed by atoms with Crippen LogP contribution in [0.25, 0.3) is 0 Å². The molecule has 0 fully saturated rings. The zero-order valence-corrected chi connectivity index (χ0v) is 11.5. The van der Waals surface area contributed by atoms with Gasteiger partial charge in [0.05, 0.1) is 5.25 Å². The van der Waals surface area contributed by atoms with Crippen LogP contribution in [0.1, 0.15) is 11.8 Å². The van der Waals surface area contributed by atoms with Gasteiger partial charge in [0.1, 0.15) is 0 Å².